The lowest BCUT2D eigenvalue weighted by atomic mass is 9.81. The van der Waals surface area contributed by atoms with Gasteiger partial charge in [-0.25, -0.2) is 4.39 Å². The molecule has 0 bridgehead atoms. The topological polar surface area (TPSA) is 51.2 Å². The van der Waals surface area contributed by atoms with Gasteiger partial charge in [0.05, 0.1) is 17.8 Å². The first kappa shape index (κ1) is 21.0. The van der Waals surface area contributed by atoms with Crippen molar-refractivity contribution in [3.63, 3.8) is 0 Å². The van der Waals surface area contributed by atoms with Gasteiger partial charge in [0.25, 0.3) is 0 Å². The van der Waals surface area contributed by atoms with Crippen LogP contribution in [0.1, 0.15) is 60.9 Å². The Morgan fingerprint density at radius 3 is 2.68 bits per heavy atom. The minimum absolute atomic E-state index is 0.209. The number of hydrogen-bond acceptors (Lipinski definition) is 3. The van der Waals surface area contributed by atoms with Crippen LogP contribution in [0, 0.1) is 5.82 Å². The first-order valence-electron chi connectivity index (χ1n) is 10.8. The Balaban J connectivity index is 1.54. The van der Waals surface area contributed by atoms with E-state index in [1.807, 2.05) is 42.5 Å². The van der Waals surface area contributed by atoms with Crippen LogP contribution in [0.4, 0.5) is 10.1 Å². The average molecular weight is 419 g/mol. The summed E-state index contributed by atoms with van der Waals surface area (Å²) in [4.78, 5) is 17.4. The number of pyridine rings is 1. The molecule has 5 heteroatoms. The lowest BCUT2D eigenvalue weighted by Crippen LogP contribution is -2.26. The maximum absolute atomic E-state index is 14.9. The summed E-state index contributed by atoms with van der Waals surface area (Å²) in [6.07, 6.45) is 3.77. The highest BCUT2D eigenvalue weighted by Gasteiger charge is 2.31. The zero-order valence-corrected chi connectivity index (χ0v) is 17.9. The molecule has 1 N–H and O–H groups in total. The molecule has 1 heterocycles. The third-order valence-corrected chi connectivity index (χ3v) is 5.73. The molecule has 0 radical (unpaired) electrons. The second-order valence-electron chi connectivity index (χ2n) is 8.27. The number of hydrogen-bond donors (Lipinski definition) is 1. The van der Waals surface area contributed by atoms with E-state index in [2.05, 4.69) is 24.1 Å². The molecule has 0 aliphatic heterocycles. The molecule has 0 saturated heterocycles. The van der Waals surface area contributed by atoms with Crippen LogP contribution in [0.25, 0.3) is 0 Å². The summed E-state index contributed by atoms with van der Waals surface area (Å²) < 4.78 is 20.9. The summed E-state index contributed by atoms with van der Waals surface area (Å²) in [7, 11) is 0. The van der Waals surface area contributed by atoms with Gasteiger partial charge in [-0.3, -0.25) is 9.78 Å². The van der Waals surface area contributed by atoms with Crippen LogP contribution >= 0.6 is 0 Å². The van der Waals surface area contributed by atoms with Crippen molar-refractivity contribution in [2.75, 3.05) is 5.32 Å². The third kappa shape index (κ3) is 4.76. The van der Waals surface area contributed by atoms with Crippen molar-refractivity contribution in [2.45, 2.75) is 51.6 Å². The first-order chi connectivity index (χ1) is 15.0. The molecule has 3 aromatic rings. The normalized spacial score (nSPS) is 15.4. The van der Waals surface area contributed by atoms with E-state index in [-0.39, 0.29) is 11.7 Å². The van der Waals surface area contributed by atoms with Gasteiger partial charge in [0.2, 0.25) is 5.91 Å². The van der Waals surface area contributed by atoms with E-state index >= 15 is 0 Å². The first-order valence-corrected chi connectivity index (χ1v) is 10.8. The number of nitrogens with zero attached hydrogens (tertiary/aromatic N) is 1. The standard InChI is InChI=1S/C26H27FN2O2/c1-17(2)23-13-11-19(15-28-23)29-26(30)21-10-6-9-20-24(14-12-22(27)25(20)21)31-16-18-7-4-3-5-8-18/h3-5,7-8,11-15,17,21H,6,9-10,16H2,1-2H3,(H,29,30). The number of carbonyl (C=O) groups is 1. The van der Waals surface area contributed by atoms with Gasteiger partial charge < -0.3 is 10.1 Å². The molecule has 0 fully saturated rings. The molecule has 0 spiro atoms. The lowest BCUT2D eigenvalue weighted by molar-refractivity contribution is -0.118. The molecular weight excluding hydrogens is 391 g/mol. The highest BCUT2D eigenvalue weighted by molar-refractivity contribution is 5.96. The van der Waals surface area contributed by atoms with Crippen LogP contribution < -0.4 is 10.1 Å². The van der Waals surface area contributed by atoms with Gasteiger partial charge in [-0.1, -0.05) is 44.2 Å². The van der Waals surface area contributed by atoms with Crippen LogP contribution in [-0.4, -0.2) is 10.9 Å². The summed E-state index contributed by atoms with van der Waals surface area (Å²) in [6.45, 7) is 4.54. The quantitative estimate of drug-likeness (QED) is 0.536. The average Bonchev–Trinajstić information content (AvgIpc) is 2.79. The van der Waals surface area contributed by atoms with Gasteiger partial charge in [-0.15, -0.1) is 0 Å². The Labute approximate surface area is 182 Å². The van der Waals surface area contributed by atoms with Crippen molar-refractivity contribution in [2.24, 2.45) is 0 Å². The Bertz CT molecular complexity index is 1050. The summed E-state index contributed by atoms with van der Waals surface area (Å²) in [5.41, 5.74) is 3.89. The lowest BCUT2D eigenvalue weighted by Gasteiger charge is -2.27. The number of aromatic nitrogens is 1. The van der Waals surface area contributed by atoms with Crippen molar-refractivity contribution in [3.8, 4) is 5.75 Å². The summed E-state index contributed by atoms with van der Waals surface area (Å²) in [5, 5.41) is 2.91. The number of halogens is 1. The van der Waals surface area contributed by atoms with E-state index in [4.69, 9.17) is 4.74 Å². The number of carbonyl (C=O) groups excluding carboxylic acids is 1. The van der Waals surface area contributed by atoms with Gasteiger partial charge in [0, 0.05) is 16.8 Å². The minimum atomic E-state index is -0.547. The van der Waals surface area contributed by atoms with E-state index < -0.39 is 5.92 Å². The van der Waals surface area contributed by atoms with Crippen molar-refractivity contribution >= 4 is 11.6 Å². The van der Waals surface area contributed by atoms with Crippen molar-refractivity contribution < 1.29 is 13.9 Å². The van der Waals surface area contributed by atoms with Crippen LogP contribution in [0.3, 0.4) is 0 Å². The molecule has 4 rings (SSSR count). The summed E-state index contributed by atoms with van der Waals surface area (Å²) in [6, 6.07) is 16.7. The highest BCUT2D eigenvalue weighted by atomic mass is 19.1. The molecule has 0 saturated carbocycles. The monoisotopic (exact) mass is 418 g/mol. The van der Waals surface area contributed by atoms with Gasteiger partial charge >= 0.3 is 0 Å². The molecular formula is C26H27FN2O2. The van der Waals surface area contributed by atoms with E-state index in [1.54, 1.807) is 12.3 Å². The predicted octanol–water partition coefficient (Wildman–Crippen LogP) is 5.98. The predicted molar refractivity (Wildman–Crippen MR) is 120 cm³/mol. The second kappa shape index (κ2) is 9.29. The van der Waals surface area contributed by atoms with Crippen molar-refractivity contribution in [1.29, 1.82) is 0 Å². The van der Waals surface area contributed by atoms with Gasteiger partial charge in [0.1, 0.15) is 18.2 Å². The number of nitrogens with one attached hydrogen (secondary N) is 1. The van der Waals surface area contributed by atoms with E-state index in [1.165, 1.54) is 6.07 Å². The Hall–Kier alpha value is -3.21. The smallest absolute Gasteiger partial charge is 0.232 e. The Kier molecular flexibility index (Phi) is 6.31. The molecule has 1 amide bonds. The van der Waals surface area contributed by atoms with Crippen molar-refractivity contribution in [3.05, 3.63) is 89.0 Å². The number of rotatable bonds is 6. The van der Waals surface area contributed by atoms with E-state index in [9.17, 15) is 9.18 Å². The zero-order chi connectivity index (χ0) is 21.8. The van der Waals surface area contributed by atoms with Gasteiger partial charge in [0.15, 0.2) is 0 Å². The number of anilines is 1. The Morgan fingerprint density at radius 2 is 1.97 bits per heavy atom. The molecule has 31 heavy (non-hydrogen) atoms. The number of ether oxygens (including phenoxy) is 1. The number of benzene rings is 2. The van der Waals surface area contributed by atoms with Crippen LogP contribution in [0.5, 0.6) is 5.75 Å². The zero-order valence-electron chi connectivity index (χ0n) is 17.9. The fourth-order valence-corrected chi connectivity index (χ4v) is 4.06. The maximum atomic E-state index is 14.9. The van der Waals surface area contributed by atoms with Crippen LogP contribution in [0.2, 0.25) is 0 Å². The Morgan fingerprint density at radius 1 is 1.16 bits per heavy atom. The van der Waals surface area contributed by atoms with E-state index in [0.717, 1.165) is 23.2 Å². The molecule has 1 unspecified atom stereocenters. The molecule has 1 aliphatic rings. The summed E-state index contributed by atoms with van der Waals surface area (Å²) in [5.74, 6) is -0.137. The SMILES string of the molecule is CC(C)c1ccc(NC(=O)C2CCCc3c(OCc4ccccc4)ccc(F)c32)cn1. The largest absolute Gasteiger partial charge is 0.489 e. The van der Waals surface area contributed by atoms with Crippen LogP contribution in [0.15, 0.2) is 60.8 Å². The number of fused-ring (bicyclic) bond motifs is 1. The molecule has 1 atom stereocenters. The fourth-order valence-electron chi connectivity index (χ4n) is 4.06. The molecule has 160 valence electrons. The summed E-state index contributed by atoms with van der Waals surface area (Å²) >= 11 is 0. The molecule has 1 aliphatic carbocycles. The van der Waals surface area contributed by atoms with Gasteiger partial charge in [-0.05, 0) is 55.0 Å². The molecule has 4 nitrogen and oxygen atoms in total. The highest BCUT2D eigenvalue weighted by Crippen LogP contribution is 2.39. The maximum Gasteiger partial charge on any atom is 0.232 e. The van der Waals surface area contributed by atoms with E-state index in [0.29, 0.717) is 42.4 Å². The van der Waals surface area contributed by atoms with Crippen molar-refractivity contribution in [1.82, 2.24) is 4.98 Å². The van der Waals surface area contributed by atoms with Gasteiger partial charge in [-0.2, -0.15) is 0 Å². The second-order valence-corrected chi connectivity index (χ2v) is 8.27. The fraction of sp³-hybridized carbons (Fsp3) is 0.308. The van der Waals surface area contributed by atoms with Crippen LogP contribution in [-0.2, 0) is 17.8 Å². The minimum Gasteiger partial charge on any atom is -0.489 e. The third-order valence-electron chi connectivity index (χ3n) is 5.73. The molecule has 2 aromatic carbocycles. The number of amides is 1. The molecule has 1 aromatic heterocycles.